The van der Waals surface area contributed by atoms with Gasteiger partial charge in [-0.05, 0) is 69.5 Å². The SMILES string of the molecule is CCC(NC(=O)C1CCN(Cc2nc(-c3ccccc3Cl)no2)CC1)c1ccc(C)cc1C. The number of rotatable bonds is 7. The Morgan fingerprint density at radius 2 is 1.97 bits per heavy atom. The number of nitrogens with one attached hydrogen (secondary N) is 1. The van der Waals surface area contributed by atoms with Crippen molar-refractivity contribution in [3.63, 3.8) is 0 Å². The minimum absolute atomic E-state index is 0.0300. The largest absolute Gasteiger partial charge is 0.349 e. The number of piperidine rings is 1. The summed E-state index contributed by atoms with van der Waals surface area (Å²) in [5.74, 6) is 1.25. The van der Waals surface area contributed by atoms with Crippen LogP contribution in [-0.4, -0.2) is 34.0 Å². The van der Waals surface area contributed by atoms with Crippen LogP contribution in [0.5, 0.6) is 0 Å². The van der Waals surface area contributed by atoms with Crippen LogP contribution >= 0.6 is 11.6 Å². The molecular weight excluding hydrogens is 436 g/mol. The third-order valence-electron chi connectivity index (χ3n) is 6.43. The zero-order valence-electron chi connectivity index (χ0n) is 19.5. The molecule has 6 nitrogen and oxygen atoms in total. The van der Waals surface area contributed by atoms with Gasteiger partial charge in [0.1, 0.15) is 0 Å². The molecule has 1 fully saturated rings. The predicted octanol–water partition coefficient (Wildman–Crippen LogP) is 5.49. The summed E-state index contributed by atoms with van der Waals surface area (Å²) in [6.45, 7) is 8.55. The molecule has 3 aromatic rings. The number of hydrogen-bond donors (Lipinski definition) is 1. The summed E-state index contributed by atoms with van der Waals surface area (Å²) >= 11 is 6.24. The standard InChI is InChI=1S/C26H31ClN4O2/c1-4-23(20-10-9-17(2)15-18(20)3)28-26(32)19-11-13-31(14-12-19)16-24-29-25(30-33-24)21-7-5-6-8-22(21)27/h5-10,15,19,23H,4,11-14,16H2,1-3H3,(H,28,32). The van der Waals surface area contributed by atoms with Gasteiger partial charge in [-0.25, -0.2) is 0 Å². The molecule has 174 valence electrons. The van der Waals surface area contributed by atoms with Crippen molar-refractivity contribution in [1.82, 2.24) is 20.4 Å². The highest BCUT2D eigenvalue weighted by atomic mass is 35.5. The highest BCUT2D eigenvalue weighted by molar-refractivity contribution is 6.33. The maximum atomic E-state index is 13.0. The van der Waals surface area contributed by atoms with Crippen molar-refractivity contribution >= 4 is 17.5 Å². The van der Waals surface area contributed by atoms with E-state index in [0.717, 1.165) is 37.9 Å². The van der Waals surface area contributed by atoms with E-state index < -0.39 is 0 Å². The number of halogens is 1. The van der Waals surface area contributed by atoms with E-state index in [1.807, 2.05) is 24.3 Å². The average molecular weight is 467 g/mol. The van der Waals surface area contributed by atoms with Gasteiger partial charge in [-0.1, -0.05) is 59.6 Å². The maximum absolute atomic E-state index is 13.0. The first-order chi connectivity index (χ1) is 15.9. The fraction of sp³-hybridized carbons (Fsp3) is 0.423. The summed E-state index contributed by atoms with van der Waals surface area (Å²) in [7, 11) is 0. The second-order valence-electron chi connectivity index (χ2n) is 8.87. The Labute approximate surface area is 200 Å². The third-order valence-corrected chi connectivity index (χ3v) is 6.76. The van der Waals surface area contributed by atoms with Crippen molar-refractivity contribution < 1.29 is 9.32 Å². The molecule has 1 N–H and O–H groups in total. The highest BCUT2D eigenvalue weighted by Crippen LogP contribution is 2.27. The van der Waals surface area contributed by atoms with Crippen LogP contribution in [0.25, 0.3) is 11.4 Å². The molecule has 1 aliphatic heterocycles. The van der Waals surface area contributed by atoms with Crippen molar-refractivity contribution in [2.45, 2.75) is 52.6 Å². The predicted molar refractivity (Wildman–Crippen MR) is 130 cm³/mol. The van der Waals surface area contributed by atoms with E-state index in [4.69, 9.17) is 16.1 Å². The van der Waals surface area contributed by atoms with E-state index in [0.29, 0.717) is 23.3 Å². The van der Waals surface area contributed by atoms with Gasteiger partial charge in [0.25, 0.3) is 0 Å². The molecule has 7 heteroatoms. The number of carbonyl (C=O) groups is 1. The Balaban J connectivity index is 1.30. The van der Waals surface area contributed by atoms with Gasteiger partial charge in [0.2, 0.25) is 17.6 Å². The molecule has 0 saturated carbocycles. The number of benzene rings is 2. The lowest BCUT2D eigenvalue weighted by atomic mass is 9.93. The summed E-state index contributed by atoms with van der Waals surface area (Å²) in [6.07, 6.45) is 2.51. The Bertz CT molecular complexity index is 1110. The molecule has 1 aromatic heterocycles. The summed E-state index contributed by atoms with van der Waals surface area (Å²) in [5, 5.41) is 7.97. The Morgan fingerprint density at radius 1 is 1.21 bits per heavy atom. The molecular formula is C26H31ClN4O2. The normalized spacial score (nSPS) is 16.0. The Morgan fingerprint density at radius 3 is 2.67 bits per heavy atom. The van der Waals surface area contributed by atoms with Crippen molar-refractivity contribution in [2.75, 3.05) is 13.1 Å². The third kappa shape index (κ3) is 5.63. The molecule has 1 amide bonds. The summed E-state index contributed by atoms with van der Waals surface area (Å²) < 4.78 is 5.45. The van der Waals surface area contributed by atoms with E-state index in [1.165, 1.54) is 16.7 Å². The van der Waals surface area contributed by atoms with Crippen LogP contribution in [0.3, 0.4) is 0 Å². The zero-order valence-corrected chi connectivity index (χ0v) is 20.2. The molecule has 4 rings (SSSR count). The lowest BCUT2D eigenvalue weighted by Crippen LogP contribution is -2.41. The highest BCUT2D eigenvalue weighted by Gasteiger charge is 2.27. The average Bonchev–Trinajstić information content (AvgIpc) is 3.26. The Hall–Kier alpha value is -2.70. The summed E-state index contributed by atoms with van der Waals surface area (Å²) in [5.41, 5.74) is 4.44. The second kappa shape index (κ2) is 10.5. The van der Waals surface area contributed by atoms with E-state index in [1.54, 1.807) is 0 Å². The van der Waals surface area contributed by atoms with E-state index in [-0.39, 0.29) is 17.9 Å². The molecule has 0 spiro atoms. The minimum Gasteiger partial charge on any atom is -0.349 e. The number of amides is 1. The lowest BCUT2D eigenvalue weighted by molar-refractivity contribution is -0.127. The van der Waals surface area contributed by atoms with Gasteiger partial charge in [-0.3, -0.25) is 9.69 Å². The van der Waals surface area contributed by atoms with Crippen LogP contribution in [0.2, 0.25) is 5.02 Å². The molecule has 0 bridgehead atoms. The first kappa shape index (κ1) is 23.5. The molecule has 0 radical (unpaired) electrons. The first-order valence-corrected chi connectivity index (χ1v) is 12.0. The number of nitrogens with zero attached hydrogens (tertiary/aromatic N) is 3. The van der Waals surface area contributed by atoms with E-state index in [9.17, 15) is 4.79 Å². The fourth-order valence-electron chi connectivity index (χ4n) is 4.52. The molecule has 2 heterocycles. The molecule has 1 saturated heterocycles. The van der Waals surface area contributed by atoms with Gasteiger partial charge in [0.05, 0.1) is 17.6 Å². The van der Waals surface area contributed by atoms with Crippen LogP contribution in [0.15, 0.2) is 47.0 Å². The quantitative estimate of drug-likeness (QED) is 0.498. The van der Waals surface area contributed by atoms with Crippen molar-refractivity contribution in [2.24, 2.45) is 5.92 Å². The molecule has 0 aliphatic carbocycles. The van der Waals surface area contributed by atoms with E-state index >= 15 is 0 Å². The molecule has 1 unspecified atom stereocenters. The second-order valence-corrected chi connectivity index (χ2v) is 9.28. The van der Waals surface area contributed by atoms with Gasteiger partial charge in [0.15, 0.2) is 0 Å². The monoisotopic (exact) mass is 466 g/mol. The molecule has 1 aliphatic rings. The van der Waals surface area contributed by atoms with Crippen molar-refractivity contribution in [3.05, 3.63) is 70.1 Å². The molecule has 2 aromatic carbocycles. The zero-order chi connectivity index (χ0) is 23.4. The van der Waals surface area contributed by atoms with Gasteiger partial charge in [-0.15, -0.1) is 0 Å². The van der Waals surface area contributed by atoms with Crippen molar-refractivity contribution in [1.29, 1.82) is 0 Å². The lowest BCUT2D eigenvalue weighted by Gasteiger charge is -2.31. The summed E-state index contributed by atoms with van der Waals surface area (Å²) in [6, 6.07) is 13.9. The minimum atomic E-state index is 0.0300. The summed E-state index contributed by atoms with van der Waals surface area (Å²) in [4.78, 5) is 19.8. The first-order valence-electron chi connectivity index (χ1n) is 11.6. The van der Waals surface area contributed by atoms with Crippen molar-refractivity contribution in [3.8, 4) is 11.4 Å². The smallest absolute Gasteiger partial charge is 0.241 e. The maximum Gasteiger partial charge on any atom is 0.241 e. The fourth-order valence-corrected chi connectivity index (χ4v) is 4.74. The number of carbonyl (C=O) groups excluding carboxylic acids is 1. The van der Waals surface area contributed by atoms with Crippen LogP contribution < -0.4 is 5.32 Å². The molecule has 1 atom stereocenters. The number of hydrogen-bond acceptors (Lipinski definition) is 5. The van der Waals surface area contributed by atoms with Gasteiger partial charge >= 0.3 is 0 Å². The Kier molecular flexibility index (Phi) is 7.46. The van der Waals surface area contributed by atoms with Gasteiger partial charge < -0.3 is 9.84 Å². The van der Waals surface area contributed by atoms with E-state index in [2.05, 4.69) is 59.3 Å². The van der Waals surface area contributed by atoms with Crippen LogP contribution in [0, 0.1) is 19.8 Å². The number of aromatic nitrogens is 2. The van der Waals surface area contributed by atoms with Gasteiger partial charge in [-0.2, -0.15) is 4.98 Å². The number of likely N-dealkylation sites (tertiary alicyclic amines) is 1. The van der Waals surface area contributed by atoms with Gasteiger partial charge in [0, 0.05) is 11.5 Å². The molecule has 33 heavy (non-hydrogen) atoms. The van der Waals surface area contributed by atoms with Crippen LogP contribution in [0.1, 0.15) is 54.8 Å². The topological polar surface area (TPSA) is 71.3 Å². The van der Waals surface area contributed by atoms with Crippen LogP contribution in [0.4, 0.5) is 0 Å². The van der Waals surface area contributed by atoms with Crippen LogP contribution in [-0.2, 0) is 11.3 Å². The number of aryl methyl sites for hydroxylation is 2.